The third kappa shape index (κ3) is 14.1. The molecule has 0 unspecified atom stereocenters. The first kappa shape index (κ1) is 30.6. The van der Waals surface area contributed by atoms with Crippen molar-refractivity contribution in [1.82, 2.24) is 0 Å². The molecule has 3 aliphatic rings. The molecule has 0 aromatic heterocycles. The Bertz CT molecular complexity index is 677. The number of aliphatic hydroxyl groups excluding tert-OH is 2. The maximum Gasteiger partial charge on any atom is 0.152 e. The molecule has 0 spiro atoms. The van der Waals surface area contributed by atoms with Gasteiger partial charge in [0, 0.05) is 0 Å². The minimum atomic E-state index is -0.113. The van der Waals surface area contributed by atoms with Crippen LogP contribution < -0.4 is 0 Å². The van der Waals surface area contributed by atoms with Crippen molar-refractivity contribution < 1.29 is 15.0 Å². The van der Waals surface area contributed by atoms with E-state index in [0.29, 0.717) is 11.1 Å². The van der Waals surface area contributed by atoms with Crippen molar-refractivity contribution in [3.05, 3.63) is 41.0 Å². The molecule has 3 fully saturated rings. The van der Waals surface area contributed by atoms with Gasteiger partial charge in [-0.3, -0.25) is 4.79 Å². The van der Waals surface area contributed by atoms with E-state index in [9.17, 15) is 4.79 Å². The minimum absolute atomic E-state index is 0.0215. The van der Waals surface area contributed by atoms with Crippen LogP contribution in [0.4, 0.5) is 0 Å². The van der Waals surface area contributed by atoms with Crippen molar-refractivity contribution in [1.29, 1.82) is 0 Å². The maximum absolute atomic E-state index is 10.7. The van der Waals surface area contributed by atoms with Gasteiger partial charge in [-0.1, -0.05) is 122 Å². The molecule has 0 amide bonds. The molecule has 0 radical (unpaired) electrons. The van der Waals surface area contributed by atoms with Crippen LogP contribution in [-0.2, 0) is 18.0 Å². The van der Waals surface area contributed by atoms with Crippen LogP contribution in [0.1, 0.15) is 128 Å². The molecule has 1 aromatic rings. The summed E-state index contributed by atoms with van der Waals surface area (Å²) in [4.78, 5) is 10.7. The molecule has 3 aliphatic carbocycles. The molecular weight excluding hydrogens is 420 g/mol. The number of ketones is 1. The Hall–Kier alpha value is -1.45. The molecule has 0 bridgehead atoms. The highest BCUT2D eigenvalue weighted by Gasteiger charge is 2.17. The Balaban J connectivity index is 0.000000252. The summed E-state index contributed by atoms with van der Waals surface area (Å²) in [6.07, 6.45) is 22.5. The number of hydrogen-bond acceptors (Lipinski definition) is 3. The van der Waals surface area contributed by atoms with Crippen LogP contribution in [0.5, 0.6) is 0 Å². The first-order valence-electron chi connectivity index (χ1n) is 14.0. The van der Waals surface area contributed by atoms with E-state index in [4.69, 9.17) is 10.2 Å². The Morgan fingerprint density at radius 2 is 1.26 bits per heavy atom. The molecule has 3 saturated carbocycles. The second kappa shape index (κ2) is 18.8. The van der Waals surface area contributed by atoms with E-state index in [0.717, 1.165) is 23.3 Å². The van der Waals surface area contributed by atoms with E-state index in [1.165, 1.54) is 96.5 Å². The van der Waals surface area contributed by atoms with Gasteiger partial charge < -0.3 is 10.2 Å². The SMILES string of the molecule is CC(=O)/C=C/c1ccc(CO)c(CO)c1.CCC1CC1.CCC1CCC1.CCC1CCCCC1. The smallest absolute Gasteiger partial charge is 0.152 e. The van der Waals surface area contributed by atoms with Crippen LogP contribution >= 0.6 is 0 Å². The largest absolute Gasteiger partial charge is 0.392 e. The predicted octanol–water partition coefficient (Wildman–Crippen LogP) is 8.25. The lowest BCUT2D eigenvalue weighted by atomic mass is 9.84. The monoisotopic (exact) mass is 472 g/mol. The van der Waals surface area contributed by atoms with E-state index in [1.54, 1.807) is 24.3 Å². The fourth-order valence-electron chi connectivity index (χ4n) is 4.29. The first-order valence-corrected chi connectivity index (χ1v) is 14.0. The van der Waals surface area contributed by atoms with Crippen LogP contribution in [0.3, 0.4) is 0 Å². The second-order valence-corrected chi connectivity index (χ2v) is 10.3. The zero-order valence-electron chi connectivity index (χ0n) is 22.5. The van der Waals surface area contributed by atoms with Gasteiger partial charge in [0.25, 0.3) is 0 Å². The fraction of sp³-hybridized carbons (Fsp3) is 0.710. The number of benzene rings is 1. The van der Waals surface area contributed by atoms with Gasteiger partial charge in [-0.25, -0.2) is 0 Å². The van der Waals surface area contributed by atoms with Gasteiger partial charge in [0.2, 0.25) is 0 Å². The molecule has 3 heteroatoms. The van der Waals surface area contributed by atoms with Gasteiger partial charge >= 0.3 is 0 Å². The van der Waals surface area contributed by atoms with Gasteiger partial charge in [-0.2, -0.15) is 0 Å². The van der Waals surface area contributed by atoms with E-state index in [-0.39, 0.29) is 19.0 Å². The summed E-state index contributed by atoms with van der Waals surface area (Å²) in [6.45, 7) is 8.13. The summed E-state index contributed by atoms with van der Waals surface area (Å²) in [5.41, 5.74) is 2.23. The van der Waals surface area contributed by atoms with Crippen molar-refractivity contribution in [3.8, 4) is 0 Å². The average molecular weight is 473 g/mol. The molecule has 34 heavy (non-hydrogen) atoms. The zero-order valence-corrected chi connectivity index (χ0v) is 22.5. The van der Waals surface area contributed by atoms with E-state index >= 15 is 0 Å². The lowest BCUT2D eigenvalue weighted by Crippen LogP contribution is -2.08. The van der Waals surface area contributed by atoms with Crippen LogP contribution in [0.2, 0.25) is 0 Å². The number of hydrogen-bond donors (Lipinski definition) is 2. The van der Waals surface area contributed by atoms with E-state index < -0.39 is 0 Å². The molecule has 4 rings (SSSR count). The predicted molar refractivity (Wildman–Crippen MR) is 146 cm³/mol. The molecule has 0 atom stereocenters. The van der Waals surface area contributed by atoms with Crippen LogP contribution in [0.25, 0.3) is 6.08 Å². The maximum atomic E-state index is 10.7. The average Bonchev–Trinajstić information content (AvgIpc) is 3.68. The molecule has 1 aromatic carbocycles. The standard InChI is InChI=1S/C12H14O3.C8H16.C6H12.C5H10/c1-9(15)2-3-10-4-5-11(7-13)12(6-10)8-14;1-2-8-6-4-3-5-7-8;1-2-6-4-3-5-6;1-2-5-3-4-5/h2-6,13-14H,7-8H2,1H3;8H,2-7H2,1H3;6H,2-5H2,1H3;5H,2-4H2,1H3/b3-2+;;;. The molecule has 0 aliphatic heterocycles. The van der Waals surface area contributed by atoms with Crippen LogP contribution in [0.15, 0.2) is 24.3 Å². The van der Waals surface area contributed by atoms with Crippen molar-refractivity contribution >= 4 is 11.9 Å². The molecule has 3 nitrogen and oxygen atoms in total. The normalized spacial score (nSPS) is 17.9. The summed E-state index contributed by atoms with van der Waals surface area (Å²) in [6, 6.07) is 5.29. The van der Waals surface area contributed by atoms with Gasteiger partial charge in [0.1, 0.15) is 0 Å². The molecule has 0 saturated heterocycles. The zero-order chi connectivity index (χ0) is 25.2. The Morgan fingerprint density at radius 3 is 1.59 bits per heavy atom. The number of carbonyl (C=O) groups is 1. The van der Waals surface area contributed by atoms with Crippen LogP contribution in [-0.4, -0.2) is 16.0 Å². The van der Waals surface area contributed by atoms with Gasteiger partial charge in [0.15, 0.2) is 5.78 Å². The Labute approximate surface area is 210 Å². The van der Waals surface area contributed by atoms with Gasteiger partial charge in [-0.15, -0.1) is 0 Å². The van der Waals surface area contributed by atoms with Crippen molar-refractivity contribution in [2.45, 2.75) is 124 Å². The molecule has 2 N–H and O–H groups in total. The highest BCUT2D eigenvalue weighted by atomic mass is 16.3. The van der Waals surface area contributed by atoms with Gasteiger partial charge in [0.05, 0.1) is 13.2 Å². The molecule has 0 heterocycles. The molecule has 194 valence electrons. The summed E-state index contributed by atoms with van der Waals surface area (Å²) in [5.74, 6) is 3.32. The number of rotatable bonds is 7. The first-order chi connectivity index (χ1) is 16.5. The van der Waals surface area contributed by atoms with Gasteiger partial charge in [-0.05, 0) is 53.5 Å². The second-order valence-electron chi connectivity index (χ2n) is 10.3. The van der Waals surface area contributed by atoms with E-state index in [1.807, 2.05) is 0 Å². The summed E-state index contributed by atoms with van der Waals surface area (Å²) in [7, 11) is 0. The van der Waals surface area contributed by atoms with Crippen molar-refractivity contribution in [3.63, 3.8) is 0 Å². The van der Waals surface area contributed by atoms with E-state index in [2.05, 4.69) is 20.8 Å². The van der Waals surface area contributed by atoms with Crippen molar-refractivity contribution in [2.24, 2.45) is 17.8 Å². The minimum Gasteiger partial charge on any atom is -0.392 e. The molecular formula is C31H52O3. The Morgan fingerprint density at radius 1 is 0.765 bits per heavy atom. The lowest BCUT2D eigenvalue weighted by molar-refractivity contribution is -0.112. The lowest BCUT2D eigenvalue weighted by Gasteiger charge is -2.22. The number of carbonyl (C=O) groups excluding carboxylic acids is 1. The number of aliphatic hydroxyl groups is 2. The quantitative estimate of drug-likeness (QED) is 0.393. The summed E-state index contributed by atoms with van der Waals surface area (Å²) in [5, 5.41) is 18.0. The summed E-state index contributed by atoms with van der Waals surface area (Å²) < 4.78 is 0. The Kier molecular flexibility index (Phi) is 16.9. The van der Waals surface area contributed by atoms with Crippen molar-refractivity contribution in [2.75, 3.05) is 0 Å². The topological polar surface area (TPSA) is 57.5 Å². The summed E-state index contributed by atoms with van der Waals surface area (Å²) >= 11 is 0. The fourth-order valence-corrected chi connectivity index (χ4v) is 4.29. The third-order valence-electron chi connectivity index (χ3n) is 7.46. The third-order valence-corrected chi connectivity index (χ3v) is 7.46. The number of allylic oxidation sites excluding steroid dienone is 1. The van der Waals surface area contributed by atoms with Crippen LogP contribution in [0, 0.1) is 17.8 Å². The highest BCUT2D eigenvalue weighted by Crippen LogP contribution is 2.31. The highest BCUT2D eigenvalue weighted by molar-refractivity contribution is 5.91.